The second kappa shape index (κ2) is 37.3. The Bertz CT molecular complexity index is 5060. The number of aryl methyl sites for hydroxylation is 3. The quantitative estimate of drug-likeness (QED) is 0.0598. The maximum Gasteiger partial charge on any atom is 0.243 e. The molecule has 6 bridgehead atoms. The summed E-state index contributed by atoms with van der Waals surface area (Å²) in [5.74, 6) is 1.09. The van der Waals surface area contributed by atoms with E-state index in [1.807, 2.05) is 96.7 Å². The van der Waals surface area contributed by atoms with E-state index in [0.717, 1.165) is 184 Å². The highest BCUT2D eigenvalue weighted by atomic mass is 16.2. The SMILES string of the molecule is CCC(=O)[C@@H]1C[C@]23CNC(=O)[C@@H](C)CCCCCc4cc(CC(C)C)cc5c(C(C)=O)cn(c45)CC(=O)N1[C@@H]2C3.CCC(=O)[C@@H]1C[C@]23CNC(=O)[C@@H](C)CCCCCc4cc(NC)cc5c(C(C)=O)cn(c45)CC(=O)N1[C@@H]2C3.CCC(=O)[C@@H]1C[C@]23CNC(=O)[C@@H](C)CCCCCc4cc(NCC5CCCCC5)cc5c(C(C)=O)cn(c45)CC(=O)N1[C@@H]2C3. The topological polar surface area (TPSA) is 290 Å². The van der Waals surface area contributed by atoms with Crippen LogP contribution in [0, 0.1) is 45.8 Å². The van der Waals surface area contributed by atoms with Crippen LogP contribution < -0.4 is 26.6 Å². The fourth-order valence-corrected chi connectivity index (χ4v) is 22.4. The van der Waals surface area contributed by atoms with Gasteiger partial charge >= 0.3 is 0 Å². The van der Waals surface area contributed by atoms with E-state index in [-0.39, 0.29) is 142 Å². The predicted octanol–water partition coefficient (Wildman–Crippen LogP) is 15.4. The number of hydrogen-bond acceptors (Lipinski definition) is 14. The molecule has 0 spiro atoms. The van der Waals surface area contributed by atoms with Crippen molar-refractivity contribution in [2.24, 2.45) is 45.8 Å². The molecule has 6 aromatic rings. The maximum absolute atomic E-state index is 14.1. The minimum absolute atomic E-state index is 0.00265. The molecule has 5 N–H and O–H groups in total. The number of hydrogen-bond donors (Lipinski definition) is 5. The van der Waals surface area contributed by atoms with Crippen LogP contribution in [0.25, 0.3) is 32.7 Å². The minimum Gasteiger partial charge on any atom is -0.388 e. The van der Waals surface area contributed by atoms with E-state index in [4.69, 9.17) is 0 Å². The second-order valence-electron chi connectivity index (χ2n) is 39.1. The van der Waals surface area contributed by atoms with Crippen molar-refractivity contribution in [2.75, 3.05) is 43.9 Å². The molecule has 10 aliphatic rings. The fourth-order valence-electron chi connectivity index (χ4n) is 22.4. The van der Waals surface area contributed by atoms with Gasteiger partial charge in [0.2, 0.25) is 35.4 Å². The van der Waals surface area contributed by atoms with Crippen LogP contribution in [0.4, 0.5) is 11.4 Å². The van der Waals surface area contributed by atoms with Crippen LogP contribution in [0.1, 0.15) is 296 Å². The lowest BCUT2D eigenvalue weighted by molar-refractivity contribution is -0.139. The van der Waals surface area contributed by atoms with Gasteiger partial charge in [-0.05, 0) is 201 Å². The van der Waals surface area contributed by atoms with Crippen molar-refractivity contribution in [3.63, 3.8) is 0 Å². The Hall–Kier alpha value is -9.28. The van der Waals surface area contributed by atoms with Crippen LogP contribution in [-0.2, 0) is 88.5 Å². The van der Waals surface area contributed by atoms with E-state index in [0.29, 0.717) is 86.7 Å². The summed E-state index contributed by atoms with van der Waals surface area (Å²) in [6.45, 7) is 23.4. The van der Waals surface area contributed by atoms with E-state index < -0.39 is 18.1 Å². The molecule has 6 aliphatic heterocycles. The third-order valence-electron chi connectivity index (χ3n) is 29.7. The fraction of sp³-hybridized carbons (Fsp3) is 0.636. The number of nitrogens with zero attached hydrogens (tertiary/aromatic N) is 6. The Morgan fingerprint density at radius 2 is 0.754 bits per heavy atom. The van der Waals surface area contributed by atoms with Gasteiger partial charge < -0.3 is 55.0 Å². The number of rotatable bonds is 15. The smallest absolute Gasteiger partial charge is 0.243 e. The van der Waals surface area contributed by atoms with Crippen molar-refractivity contribution in [1.82, 2.24) is 44.4 Å². The molecule has 3 aromatic heterocycles. The van der Waals surface area contributed by atoms with Gasteiger partial charge in [0, 0.05) is 167 Å². The molecule has 4 aliphatic carbocycles. The molecule has 122 heavy (non-hydrogen) atoms. The highest BCUT2D eigenvalue weighted by Gasteiger charge is 2.69. The summed E-state index contributed by atoms with van der Waals surface area (Å²) in [6.07, 6.45) is 32.2. The number of aromatic nitrogens is 3. The molecule has 23 nitrogen and oxygen atoms in total. The molecule has 3 saturated heterocycles. The van der Waals surface area contributed by atoms with Gasteiger partial charge in [-0.3, -0.25) is 57.5 Å². The minimum atomic E-state index is -0.455. The number of ketones is 6. The molecule has 16 rings (SSSR count). The van der Waals surface area contributed by atoms with E-state index >= 15 is 0 Å². The largest absolute Gasteiger partial charge is 0.388 e. The summed E-state index contributed by atoms with van der Waals surface area (Å²) >= 11 is 0. The van der Waals surface area contributed by atoms with Crippen molar-refractivity contribution in [3.05, 3.63) is 93.9 Å². The van der Waals surface area contributed by atoms with E-state index in [9.17, 15) is 57.5 Å². The van der Waals surface area contributed by atoms with Crippen LogP contribution in [0.15, 0.2) is 55.0 Å². The second-order valence-corrected chi connectivity index (χ2v) is 39.1. The summed E-state index contributed by atoms with van der Waals surface area (Å²) < 4.78 is 5.88. The Morgan fingerprint density at radius 3 is 1.10 bits per heavy atom. The Balaban J connectivity index is 0.000000150. The third kappa shape index (κ3) is 18.6. The summed E-state index contributed by atoms with van der Waals surface area (Å²) in [5, 5.41) is 19.1. The van der Waals surface area contributed by atoms with Gasteiger partial charge in [0.25, 0.3) is 0 Å². The number of nitrogens with one attached hydrogen (secondary N) is 5. The molecule has 658 valence electrons. The number of carbonyl (C=O) groups is 12. The normalized spacial score (nSPS) is 27.9. The summed E-state index contributed by atoms with van der Waals surface area (Å²) in [4.78, 5) is 164. The number of piperidine rings is 3. The van der Waals surface area contributed by atoms with Gasteiger partial charge in [0.05, 0.1) is 34.7 Å². The number of amides is 6. The lowest BCUT2D eigenvalue weighted by Crippen LogP contribution is -2.44. The molecule has 6 amide bonds. The van der Waals surface area contributed by atoms with E-state index in [1.165, 1.54) is 43.2 Å². The number of anilines is 2. The molecule has 4 saturated carbocycles. The van der Waals surface area contributed by atoms with Gasteiger partial charge in [0.1, 0.15) is 19.6 Å². The lowest BCUT2D eigenvalue weighted by atomic mass is 9.89. The van der Waals surface area contributed by atoms with E-state index in [2.05, 4.69) is 70.8 Å². The highest BCUT2D eigenvalue weighted by molar-refractivity contribution is 6.11. The Kier molecular flexibility index (Phi) is 27.2. The van der Waals surface area contributed by atoms with Crippen LogP contribution in [0.2, 0.25) is 0 Å². The highest BCUT2D eigenvalue weighted by Crippen LogP contribution is 2.62. The molecular weight excluding hydrogens is 1540 g/mol. The van der Waals surface area contributed by atoms with Crippen LogP contribution in [0.3, 0.4) is 0 Å². The summed E-state index contributed by atoms with van der Waals surface area (Å²) in [6, 6.07) is 11.4. The van der Waals surface area contributed by atoms with Gasteiger partial charge in [-0.15, -0.1) is 0 Å². The predicted molar refractivity (Wildman–Crippen MR) is 476 cm³/mol. The van der Waals surface area contributed by atoms with Gasteiger partial charge in [-0.25, -0.2) is 0 Å². The first-order valence-corrected chi connectivity index (χ1v) is 46.7. The molecule has 23 heteroatoms. The molecule has 12 atom stereocenters. The van der Waals surface area contributed by atoms with Gasteiger partial charge in [-0.2, -0.15) is 0 Å². The molecule has 3 aromatic carbocycles. The first-order chi connectivity index (χ1) is 58.4. The third-order valence-corrected chi connectivity index (χ3v) is 29.7. The zero-order valence-corrected chi connectivity index (χ0v) is 74.8. The van der Waals surface area contributed by atoms with Crippen LogP contribution in [0.5, 0.6) is 0 Å². The summed E-state index contributed by atoms with van der Waals surface area (Å²) in [5.41, 5.74) is 10.7. The van der Waals surface area contributed by atoms with Crippen molar-refractivity contribution >= 4 is 114 Å². The Morgan fingerprint density at radius 1 is 0.426 bits per heavy atom. The van der Waals surface area contributed by atoms with Crippen molar-refractivity contribution in [1.29, 1.82) is 0 Å². The molecule has 7 fully saturated rings. The lowest BCUT2D eigenvalue weighted by Gasteiger charge is -2.27. The van der Waals surface area contributed by atoms with E-state index in [1.54, 1.807) is 25.7 Å². The number of benzene rings is 3. The summed E-state index contributed by atoms with van der Waals surface area (Å²) in [7, 11) is 1.87. The van der Waals surface area contributed by atoms with Crippen molar-refractivity contribution in [3.8, 4) is 0 Å². The number of Topliss-reactive ketones (excluding diaryl/α,β-unsaturated/α-hetero) is 6. The van der Waals surface area contributed by atoms with Crippen molar-refractivity contribution in [2.45, 2.75) is 325 Å². The zero-order chi connectivity index (χ0) is 87.0. The van der Waals surface area contributed by atoms with Crippen LogP contribution >= 0.6 is 0 Å². The molecule has 0 radical (unpaired) electrons. The Labute approximate surface area is 720 Å². The zero-order valence-electron chi connectivity index (χ0n) is 74.8. The molecule has 9 heterocycles. The number of carbonyl (C=O) groups excluding carboxylic acids is 12. The van der Waals surface area contributed by atoms with Crippen LogP contribution in [-0.4, -0.2) is 168 Å². The standard InChI is InChI=1S/C36H50N4O4.C33H45N3O4.C30H40N4O4/c1-4-31(42)30-17-36-18-32(36)40(30)33(43)21-39-20-29(24(3)41)28-16-27(37-19-25-12-8-6-9-13-25)15-26(34(28)39)14-10-5-7-11-23(2)35(44)38-22-36;1-6-28(38)27-15-33-16-29(33)36(27)30(39)18-35-17-26(22(5)37)25-14-23(12-20(2)3)13-24(31(25)35)11-9-7-8-10-21(4)32(40)34-19-33;1-5-25(36)24-13-30-14-26(30)34(24)27(37)16-33-15-23(19(3)35)22-12-21(31-4)11-20(28(22)33)10-8-6-7-9-18(2)29(38)32-17-30/h15-16,20,23,25,30,32,37H,4-14,17-19,21-22H2,1-3H3,(H,38,44);13-14,17,20-21,27,29H,6-12,15-16,18-19H2,1-5H3,(H,34,40);11-12,15,18,24,26,31H,5-10,13-14,16-17H2,1-4H3,(H,32,38)/t23-,30-,32+,36-;21-,27-,29+,33-;18-,24-,26+,30-/m000/s1. The average molecular weight is 1670 g/mol. The average Bonchev–Trinajstić information content (AvgIpc) is 1.54. The first kappa shape index (κ1) is 89.0. The van der Waals surface area contributed by atoms with Gasteiger partial charge in [-0.1, -0.05) is 119 Å². The first-order valence-electron chi connectivity index (χ1n) is 46.7. The molecule has 0 unspecified atom stereocenters. The van der Waals surface area contributed by atoms with Crippen molar-refractivity contribution < 1.29 is 57.5 Å². The van der Waals surface area contributed by atoms with Gasteiger partial charge in [0.15, 0.2) is 34.7 Å². The molecular formula is C99H135N11O12. The monoisotopic (exact) mass is 1670 g/mol. The maximum atomic E-state index is 14.1.